The van der Waals surface area contributed by atoms with Gasteiger partial charge in [-0.15, -0.1) is 0 Å². The third-order valence-corrected chi connectivity index (χ3v) is 6.52. The van der Waals surface area contributed by atoms with Crippen molar-refractivity contribution in [3.05, 3.63) is 63.8 Å². The molecule has 0 N–H and O–H groups in total. The van der Waals surface area contributed by atoms with Gasteiger partial charge in [0.25, 0.3) is 11.5 Å². The zero-order valence-corrected chi connectivity index (χ0v) is 17.8. The molecule has 5 nitrogen and oxygen atoms in total. The minimum atomic E-state index is -0.430. The molecule has 2 aliphatic heterocycles. The zero-order valence-electron chi connectivity index (χ0n) is 17.8. The van der Waals surface area contributed by atoms with Crippen LogP contribution in [0.15, 0.2) is 41.2 Å². The minimum Gasteiger partial charge on any atom is -0.496 e. The molecule has 160 valence electrons. The summed E-state index contributed by atoms with van der Waals surface area (Å²) in [5.74, 6) is 0.588. The van der Waals surface area contributed by atoms with Gasteiger partial charge in [-0.3, -0.25) is 9.59 Å². The van der Waals surface area contributed by atoms with Crippen molar-refractivity contribution in [2.45, 2.75) is 45.1 Å². The normalized spacial score (nSPS) is 22.7. The van der Waals surface area contributed by atoms with Crippen LogP contribution in [0.5, 0.6) is 5.75 Å². The molecule has 1 amide bonds. The molecule has 6 heteroatoms. The molecule has 0 saturated carbocycles. The molecule has 1 aromatic heterocycles. The highest BCUT2D eigenvalue weighted by Gasteiger charge is 2.42. The van der Waals surface area contributed by atoms with Crippen molar-refractivity contribution >= 4 is 5.91 Å². The summed E-state index contributed by atoms with van der Waals surface area (Å²) in [6.45, 7) is 5.53. The van der Waals surface area contributed by atoms with Gasteiger partial charge in [-0.05, 0) is 49.3 Å². The second-order valence-electron chi connectivity index (χ2n) is 8.94. The third-order valence-electron chi connectivity index (χ3n) is 6.52. The van der Waals surface area contributed by atoms with E-state index >= 15 is 0 Å². The van der Waals surface area contributed by atoms with E-state index in [-0.39, 0.29) is 35.1 Å². The van der Waals surface area contributed by atoms with Crippen LogP contribution < -0.4 is 10.3 Å². The Morgan fingerprint density at radius 1 is 1.23 bits per heavy atom. The maximum absolute atomic E-state index is 13.6. The van der Waals surface area contributed by atoms with Crippen molar-refractivity contribution in [2.24, 2.45) is 11.8 Å². The van der Waals surface area contributed by atoms with Gasteiger partial charge in [-0.2, -0.15) is 0 Å². The average Bonchev–Trinajstić information content (AvgIpc) is 2.73. The first-order chi connectivity index (χ1) is 14.4. The monoisotopic (exact) mass is 412 g/mol. The number of carbonyl (C=O) groups is 1. The van der Waals surface area contributed by atoms with Crippen LogP contribution in [-0.2, 0) is 0 Å². The Kier molecular flexibility index (Phi) is 5.67. The Morgan fingerprint density at radius 3 is 2.77 bits per heavy atom. The second-order valence-corrected chi connectivity index (χ2v) is 8.94. The lowest BCUT2D eigenvalue weighted by molar-refractivity contribution is 0.0510. The molecule has 30 heavy (non-hydrogen) atoms. The standard InChI is InChI=1S/C24H29FN2O3/c1-15(2)7-10-21-17-11-16(20-5-4-6-23(28)27(20)21)13-26(14-17)24(29)19-9-8-18(25)12-22(19)30-3/h4-6,8-9,12,15-17,21H,7,10-11,13-14H2,1-3H3/t16-,17+,21+/m1/s1. The van der Waals surface area contributed by atoms with E-state index in [0.29, 0.717) is 24.6 Å². The maximum atomic E-state index is 13.6. The van der Waals surface area contributed by atoms with E-state index in [0.717, 1.165) is 25.0 Å². The summed E-state index contributed by atoms with van der Waals surface area (Å²) in [6, 6.07) is 9.61. The van der Waals surface area contributed by atoms with Gasteiger partial charge in [0.2, 0.25) is 0 Å². The van der Waals surface area contributed by atoms with E-state index < -0.39 is 5.82 Å². The highest BCUT2D eigenvalue weighted by Crippen LogP contribution is 2.43. The molecule has 4 rings (SSSR count). The van der Waals surface area contributed by atoms with Crippen molar-refractivity contribution in [2.75, 3.05) is 20.2 Å². The first kappa shape index (κ1) is 20.6. The number of benzene rings is 1. The number of ether oxygens (including phenoxy) is 1. The number of rotatable bonds is 5. The summed E-state index contributed by atoms with van der Waals surface area (Å²) in [4.78, 5) is 27.9. The van der Waals surface area contributed by atoms with E-state index in [9.17, 15) is 14.0 Å². The van der Waals surface area contributed by atoms with E-state index in [1.807, 2.05) is 21.6 Å². The number of methoxy groups -OCH3 is 1. The Bertz CT molecular complexity index is 1000. The molecular formula is C24H29FN2O3. The van der Waals surface area contributed by atoms with E-state index in [1.165, 1.54) is 25.3 Å². The number of fused-ring (bicyclic) bond motifs is 4. The summed E-state index contributed by atoms with van der Waals surface area (Å²) in [7, 11) is 1.45. The molecule has 2 bridgehead atoms. The van der Waals surface area contributed by atoms with Gasteiger partial charge in [-0.1, -0.05) is 19.9 Å². The Morgan fingerprint density at radius 2 is 2.03 bits per heavy atom. The van der Waals surface area contributed by atoms with Gasteiger partial charge >= 0.3 is 0 Å². The largest absolute Gasteiger partial charge is 0.496 e. The molecule has 2 aliphatic rings. The number of piperidine rings is 1. The summed E-state index contributed by atoms with van der Waals surface area (Å²) >= 11 is 0. The summed E-state index contributed by atoms with van der Waals surface area (Å²) in [6.07, 6.45) is 2.94. The number of aromatic nitrogens is 1. The van der Waals surface area contributed by atoms with Gasteiger partial charge in [0.05, 0.1) is 12.7 Å². The van der Waals surface area contributed by atoms with Crippen molar-refractivity contribution in [3.8, 4) is 5.75 Å². The summed E-state index contributed by atoms with van der Waals surface area (Å²) in [5, 5.41) is 0. The molecule has 3 atom stereocenters. The fraction of sp³-hybridized carbons (Fsp3) is 0.500. The Hall–Kier alpha value is -2.63. The molecule has 1 saturated heterocycles. The smallest absolute Gasteiger partial charge is 0.257 e. The number of amides is 1. The van der Waals surface area contributed by atoms with Crippen molar-refractivity contribution in [3.63, 3.8) is 0 Å². The SMILES string of the molecule is COc1cc(F)ccc1C(=O)N1C[C@H]2C[C@@H](C1)[C@H](CCC(C)C)n1c2cccc1=O. The number of halogens is 1. The van der Waals surface area contributed by atoms with Gasteiger partial charge in [0.15, 0.2) is 0 Å². The lowest BCUT2D eigenvalue weighted by atomic mass is 9.76. The van der Waals surface area contributed by atoms with Crippen molar-refractivity contribution in [1.29, 1.82) is 0 Å². The van der Waals surface area contributed by atoms with Gasteiger partial charge < -0.3 is 14.2 Å². The van der Waals surface area contributed by atoms with Gasteiger partial charge in [0, 0.05) is 42.9 Å². The lowest BCUT2D eigenvalue weighted by Gasteiger charge is -2.47. The molecule has 1 fully saturated rings. The van der Waals surface area contributed by atoms with Crippen LogP contribution in [-0.4, -0.2) is 35.6 Å². The number of nitrogens with zero attached hydrogens (tertiary/aromatic N) is 2. The number of hydrogen-bond donors (Lipinski definition) is 0. The number of likely N-dealkylation sites (tertiary alicyclic amines) is 1. The van der Waals surface area contributed by atoms with Crippen LogP contribution in [0.25, 0.3) is 0 Å². The van der Waals surface area contributed by atoms with Crippen LogP contribution in [0.4, 0.5) is 4.39 Å². The highest BCUT2D eigenvalue weighted by molar-refractivity contribution is 5.97. The molecule has 0 unspecified atom stereocenters. The van der Waals surface area contributed by atoms with Gasteiger partial charge in [-0.25, -0.2) is 4.39 Å². The van der Waals surface area contributed by atoms with Crippen molar-refractivity contribution < 1.29 is 13.9 Å². The van der Waals surface area contributed by atoms with E-state index in [4.69, 9.17) is 4.74 Å². The first-order valence-electron chi connectivity index (χ1n) is 10.7. The third kappa shape index (κ3) is 3.75. The number of hydrogen-bond acceptors (Lipinski definition) is 3. The van der Waals surface area contributed by atoms with Crippen LogP contribution in [0, 0.1) is 17.7 Å². The zero-order chi connectivity index (χ0) is 21.4. The van der Waals surface area contributed by atoms with E-state index in [2.05, 4.69) is 13.8 Å². The van der Waals surface area contributed by atoms with Crippen LogP contribution in [0.3, 0.4) is 0 Å². The molecule has 2 aromatic rings. The molecule has 0 spiro atoms. The van der Waals surface area contributed by atoms with E-state index in [1.54, 1.807) is 6.07 Å². The lowest BCUT2D eigenvalue weighted by Crippen LogP contribution is -2.51. The van der Waals surface area contributed by atoms with Crippen LogP contribution in [0.1, 0.15) is 61.1 Å². The van der Waals surface area contributed by atoms with Crippen LogP contribution >= 0.6 is 0 Å². The fourth-order valence-electron chi connectivity index (χ4n) is 5.09. The van der Waals surface area contributed by atoms with Crippen LogP contribution in [0.2, 0.25) is 0 Å². The molecule has 0 aliphatic carbocycles. The van der Waals surface area contributed by atoms with Crippen molar-refractivity contribution in [1.82, 2.24) is 9.47 Å². The molecule has 0 radical (unpaired) electrons. The summed E-state index contributed by atoms with van der Waals surface area (Å²) in [5.41, 5.74) is 1.45. The maximum Gasteiger partial charge on any atom is 0.257 e. The molecule has 1 aromatic carbocycles. The second kappa shape index (κ2) is 8.25. The Labute approximate surface area is 176 Å². The quantitative estimate of drug-likeness (QED) is 0.738. The number of pyridine rings is 1. The Balaban J connectivity index is 1.67. The number of carbonyl (C=O) groups excluding carboxylic acids is 1. The first-order valence-corrected chi connectivity index (χ1v) is 10.7. The molecular weight excluding hydrogens is 383 g/mol. The van der Waals surface area contributed by atoms with Gasteiger partial charge in [0.1, 0.15) is 11.6 Å². The highest BCUT2D eigenvalue weighted by atomic mass is 19.1. The fourth-order valence-corrected chi connectivity index (χ4v) is 5.09. The summed E-state index contributed by atoms with van der Waals surface area (Å²) < 4.78 is 20.8. The average molecular weight is 413 g/mol. The molecule has 3 heterocycles. The predicted molar refractivity (Wildman–Crippen MR) is 114 cm³/mol. The topological polar surface area (TPSA) is 51.5 Å². The predicted octanol–water partition coefficient (Wildman–Crippen LogP) is 4.23. The minimum absolute atomic E-state index is 0.0518.